The third-order valence-electron chi connectivity index (χ3n) is 6.44. The Morgan fingerprint density at radius 3 is 2.81 bits per heavy atom. The van der Waals surface area contributed by atoms with Gasteiger partial charge in [0, 0.05) is 30.4 Å². The van der Waals surface area contributed by atoms with Crippen molar-refractivity contribution in [2.45, 2.75) is 50.3 Å². The molecule has 2 aromatic heterocycles. The van der Waals surface area contributed by atoms with Gasteiger partial charge >= 0.3 is 0 Å². The van der Waals surface area contributed by atoms with Crippen LogP contribution in [0.1, 0.15) is 48.2 Å². The van der Waals surface area contributed by atoms with E-state index >= 15 is 0 Å². The highest BCUT2D eigenvalue weighted by Crippen LogP contribution is 2.55. The normalized spacial score (nSPS) is 33.8. The van der Waals surface area contributed by atoms with E-state index in [2.05, 4.69) is 20.6 Å². The van der Waals surface area contributed by atoms with Crippen molar-refractivity contribution in [3.05, 3.63) is 41.2 Å². The van der Waals surface area contributed by atoms with Crippen molar-refractivity contribution >= 4 is 22.4 Å². The lowest BCUT2D eigenvalue weighted by molar-refractivity contribution is -0.136. The van der Waals surface area contributed by atoms with Gasteiger partial charge in [0.05, 0.1) is 5.60 Å². The van der Waals surface area contributed by atoms with Crippen LogP contribution < -0.4 is 10.6 Å². The number of carbonyl (C=O) groups excluding carboxylic acids is 1. The molecule has 4 fully saturated rings. The van der Waals surface area contributed by atoms with E-state index in [9.17, 15) is 9.90 Å². The number of carbonyl (C=O) groups is 1. The lowest BCUT2D eigenvalue weighted by Crippen LogP contribution is -2.61. The smallest absolute Gasteiger partial charge is 0.271 e. The van der Waals surface area contributed by atoms with E-state index in [1.54, 1.807) is 6.20 Å². The minimum atomic E-state index is -0.470. The van der Waals surface area contributed by atoms with E-state index in [1.807, 2.05) is 23.7 Å². The molecule has 2 heterocycles. The van der Waals surface area contributed by atoms with Gasteiger partial charge in [0.15, 0.2) is 5.13 Å². The van der Waals surface area contributed by atoms with Crippen LogP contribution >= 0.6 is 11.3 Å². The molecular weight excluding hydrogens is 360 g/mol. The molecule has 1 amide bonds. The van der Waals surface area contributed by atoms with Crippen molar-refractivity contribution in [1.82, 2.24) is 15.3 Å². The topological polar surface area (TPSA) is 87.1 Å². The Morgan fingerprint density at radius 2 is 2.11 bits per heavy atom. The molecule has 4 bridgehead atoms. The van der Waals surface area contributed by atoms with Gasteiger partial charge in [0.2, 0.25) is 0 Å². The Kier molecular flexibility index (Phi) is 4.16. The first-order chi connectivity index (χ1) is 13.1. The molecule has 2 aromatic rings. The summed E-state index contributed by atoms with van der Waals surface area (Å²) < 4.78 is 0. The van der Waals surface area contributed by atoms with Gasteiger partial charge in [0.25, 0.3) is 5.91 Å². The summed E-state index contributed by atoms with van der Waals surface area (Å²) in [6.45, 7) is 0.634. The summed E-state index contributed by atoms with van der Waals surface area (Å²) in [7, 11) is 0. The number of rotatable bonds is 5. The maximum atomic E-state index is 12.7. The number of anilines is 1. The molecule has 0 aromatic carbocycles. The van der Waals surface area contributed by atoms with Gasteiger partial charge in [-0.25, -0.2) is 4.98 Å². The van der Waals surface area contributed by atoms with Crippen molar-refractivity contribution in [2.75, 3.05) is 5.32 Å². The highest BCUT2D eigenvalue weighted by atomic mass is 32.1. The van der Waals surface area contributed by atoms with E-state index in [4.69, 9.17) is 0 Å². The Labute approximate surface area is 162 Å². The van der Waals surface area contributed by atoms with Crippen LogP contribution in [0, 0.1) is 17.8 Å². The number of thiazole rings is 1. The van der Waals surface area contributed by atoms with Crippen LogP contribution in [0.25, 0.3) is 0 Å². The predicted octanol–water partition coefficient (Wildman–Crippen LogP) is 2.82. The highest BCUT2D eigenvalue weighted by Gasteiger charge is 2.55. The number of nitrogens with zero attached hydrogens (tertiary/aromatic N) is 2. The van der Waals surface area contributed by atoms with Crippen LogP contribution in [0.4, 0.5) is 5.13 Å². The van der Waals surface area contributed by atoms with Gasteiger partial charge in [0.1, 0.15) is 5.69 Å². The molecule has 0 aliphatic heterocycles. The number of aromatic nitrogens is 2. The number of hydrogen-bond donors (Lipinski definition) is 3. The number of aliphatic hydroxyl groups is 1. The minimum Gasteiger partial charge on any atom is -0.390 e. The Hall–Kier alpha value is -1.99. The second kappa shape index (κ2) is 6.56. The van der Waals surface area contributed by atoms with Gasteiger partial charge in [-0.05, 0) is 61.5 Å². The van der Waals surface area contributed by atoms with E-state index in [1.165, 1.54) is 11.3 Å². The molecule has 3 N–H and O–H groups in total. The van der Waals surface area contributed by atoms with E-state index < -0.39 is 5.60 Å². The lowest BCUT2D eigenvalue weighted by Gasteiger charge is -2.58. The van der Waals surface area contributed by atoms with Gasteiger partial charge in [-0.3, -0.25) is 9.78 Å². The molecule has 0 saturated heterocycles. The van der Waals surface area contributed by atoms with Crippen LogP contribution in [0.15, 0.2) is 29.9 Å². The zero-order valence-corrected chi connectivity index (χ0v) is 15.9. The minimum absolute atomic E-state index is 0.0925. The van der Waals surface area contributed by atoms with Crippen LogP contribution in [0.2, 0.25) is 0 Å². The largest absolute Gasteiger partial charge is 0.390 e. The predicted molar refractivity (Wildman–Crippen MR) is 103 cm³/mol. The fourth-order valence-electron chi connectivity index (χ4n) is 5.58. The number of pyridine rings is 1. The molecule has 2 atom stereocenters. The lowest BCUT2D eigenvalue weighted by atomic mass is 9.52. The van der Waals surface area contributed by atoms with Gasteiger partial charge < -0.3 is 15.7 Å². The monoisotopic (exact) mass is 384 g/mol. The molecule has 27 heavy (non-hydrogen) atoms. The summed E-state index contributed by atoms with van der Waals surface area (Å²) in [5.41, 5.74) is 1.08. The summed E-state index contributed by atoms with van der Waals surface area (Å²) in [5.74, 6) is 1.37. The average Bonchev–Trinajstić information content (AvgIpc) is 3.12. The number of hydrogen-bond acceptors (Lipinski definition) is 6. The molecule has 4 aliphatic rings. The Balaban J connectivity index is 1.21. The van der Waals surface area contributed by atoms with Crippen molar-refractivity contribution < 1.29 is 9.90 Å². The molecular formula is C20H24N4O2S. The third kappa shape index (κ3) is 3.34. The van der Waals surface area contributed by atoms with E-state index in [0.717, 1.165) is 42.8 Å². The first kappa shape index (κ1) is 17.1. The highest BCUT2D eigenvalue weighted by molar-refractivity contribution is 7.13. The molecule has 142 valence electrons. The fourth-order valence-corrected chi connectivity index (χ4v) is 6.27. The summed E-state index contributed by atoms with van der Waals surface area (Å²) in [5, 5.41) is 19.7. The van der Waals surface area contributed by atoms with Crippen LogP contribution in [-0.2, 0) is 6.54 Å². The van der Waals surface area contributed by atoms with Crippen molar-refractivity contribution in [1.29, 1.82) is 0 Å². The summed E-state index contributed by atoms with van der Waals surface area (Å²) in [6, 6.07) is 4.09. The summed E-state index contributed by atoms with van der Waals surface area (Å²) in [4.78, 5) is 21.3. The Bertz CT molecular complexity index is 824. The van der Waals surface area contributed by atoms with Crippen LogP contribution in [0.5, 0.6) is 0 Å². The zero-order valence-electron chi connectivity index (χ0n) is 15.1. The molecule has 6 nitrogen and oxygen atoms in total. The summed E-state index contributed by atoms with van der Waals surface area (Å²) >= 11 is 1.44. The molecule has 4 aliphatic carbocycles. The molecule has 6 rings (SSSR count). The fraction of sp³-hybridized carbons (Fsp3) is 0.550. The second-order valence-corrected chi connectivity index (χ2v) is 9.30. The SMILES string of the molecule is O=C(N[C@H]1C2CC3CC1C[C@](O)(C3)C2)c1csc(NCc2cccnc2)n1. The first-order valence-electron chi connectivity index (χ1n) is 9.69. The van der Waals surface area contributed by atoms with Crippen molar-refractivity contribution in [3.63, 3.8) is 0 Å². The molecule has 4 saturated carbocycles. The maximum Gasteiger partial charge on any atom is 0.271 e. The quantitative estimate of drug-likeness (QED) is 0.738. The van der Waals surface area contributed by atoms with E-state index in [-0.39, 0.29) is 11.9 Å². The molecule has 0 spiro atoms. The number of nitrogens with one attached hydrogen (secondary N) is 2. The molecule has 0 radical (unpaired) electrons. The summed E-state index contributed by atoms with van der Waals surface area (Å²) in [6.07, 6.45) is 8.46. The molecule has 2 unspecified atom stereocenters. The van der Waals surface area contributed by atoms with Crippen molar-refractivity contribution in [3.8, 4) is 0 Å². The van der Waals surface area contributed by atoms with Gasteiger partial charge in [-0.15, -0.1) is 11.3 Å². The number of amides is 1. The van der Waals surface area contributed by atoms with E-state index in [0.29, 0.717) is 30.0 Å². The van der Waals surface area contributed by atoms with Crippen LogP contribution in [-0.4, -0.2) is 32.6 Å². The average molecular weight is 385 g/mol. The zero-order chi connectivity index (χ0) is 18.4. The molecule has 7 heteroatoms. The van der Waals surface area contributed by atoms with Gasteiger partial charge in [-0.1, -0.05) is 6.07 Å². The second-order valence-electron chi connectivity index (χ2n) is 8.45. The Morgan fingerprint density at radius 1 is 1.30 bits per heavy atom. The first-order valence-corrected chi connectivity index (χ1v) is 10.6. The van der Waals surface area contributed by atoms with Crippen LogP contribution in [0.3, 0.4) is 0 Å². The maximum absolute atomic E-state index is 12.7. The third-order valence-corrected chi connectivity index (χ3v) is 7.24. The van der Waals surface area contributed by atoms with Crippen molar-refractivity contribution in [2.24, 2.45) is 17.8 Å². The standard InChI is InChI=1S/C20H24N4O2S/c25-18(16-11-27-19(23-16)22-10-12-2-1-3-21-9-12)24-17-14-4-13-5-15(17)8-20(26,6-13)7-14/h1-3,9,11,13-15,17,26H,4-8,10H2,(H,22,23)(H,24,25)/t13?,14?,15?,17-,20-. The van der Waals surface area contributed by atoms with Gasteiger partial charge in [-0.2, -0.15) is 0 Å².